The van der Waals surface area contributed by atoms with Crippen LogP contribution in [0.25, 0.3) is 0 Å². The average molecular weight is 493 g/mol. The Labute approximate surface area is 209 Å². The number of halogens is 2. The van der Waals surface area contributed by atoms with Crippen LogP contribution < -0.4 is 0 Å². The molecule has 188 valence electrons. The number of allylic oxidation sites excluding steroid dienone is 1. The molecule has 0 amide bonds. The van der Waals surface area contributed by atoms with E-state index in [1.165, 1.54) is 32.2 Å². The predicted molar refractivity (Wildman–Crippen MR) is 136 cm³/mol. The minimum Gasteiger partial charge on any atom is -0.362 e. The number of fused-ring (bicyclic) bond motifs is 3. The van der Waals surface area contributed by atoms with Crippen molar-refractivity contribution in [3.8, 4) is 0 Å². The zero-order chi connectivity index (χ0) is 25.2. The van der Waals surface area contributed by atoms with Crippen LogP contribution in [0.15, 0.2) is 63.0 Å². The van der Waals surface area contributed by atoms with Crippen LogP contribution in [-0.2, 0) is 11.3 Å². The summed E-state index contributed by atoms with van der Waals surface area (Å²) in [5, 5.41) is 0. The van der Waals surface area contributed by atoms with E-state index in [1.54, 1.807) is 17.9 Å². The molecule has 3 fully saturated rings. The Morgan fingerprint density at radius 2 is 2.00 bits per heavy atom. The molecule has 7 nitrogen and oxygen atoms in total. The predicted octanol–water partition coefficient (Wildman–Crippen LogP) is 4.37. The number of hydrogen-bond donors (Lipinski definition) is 0. The van der Waals surface area contributed by atoms with Crippen molar-refractivity contribution in [3.63, 3.8) is 0 Å². The van der Waals surface area contributed by atoms with Crippen LogP contribution in [0.2, 0.25) is 0 Å². The first-order chi connectivity index (χ1) is 17.5. The van der Waals surface area contributed by atoms with Crippen LogP contribution in [0, 0.1) is 17.6 Å². The van der Waals surface area contributed by atoms with Gasteiger partial charge in [0, 0.05) is 31.0 Å². The molecule has 0 spiro atoms. The Morgan fingerprint density at radius 3 is 2.64 bits per heavy atom. The molecular weight excluding hydrogens is 462 g/mol. The zero-order valence-electron chi connectivity index (χ0n) is 20.6. The van der Waals surface area contributed by atoms with Crippen molar-refractivity contribution in [2.45, 2.75) is 32.2 Å². The maximum Gasteiger partial charge on any atom is 0.160 e. The third-order valence-electron chi connectivity index (χ3n) is 7.32. The van der Waals surface area contributed by atoms with E-state index < -0.39 is 5.82 Å². The fraction of sp³-hybridized carbons (Fsp3) is 0.407. The molecule has 36 heavy (non-hydrogen) atoms. The molecule has 2 bridgehead atoms. The molecule has 0 radical (unpaired) electrons. The Balaban J connectivity index is 1.50. The molecule has 1 aromatic heterocycles. The quantitative estimate of drug-likeness (QED) is 0.539. The lowest BCUT2D eigenvalue weighted by Crippen LogP contribution is -2.46. The van der Waals surface area contributed by atoms with Gasteiger partial charge in [-0.2, -0.15) is 0 Å². The van der Waals surface area contributed by atoms with Crippen molar-refractivity contribution in [2.24, 2.45) is 20.9 Å². The number of ether oxygens (including phenoxy) is 1. The van der Waals surface area contributed by atoms with Crippen molar-refractivity contribution >= 4 is 18.4 Å². The number of hydrogen-bond acceptors (Lipinski definition) is 6. The maximum atomic E-state index is 15.5. The highest BCUT2D eigenvalue weighted by molar-refractivity contribution is 6.20. The number of benzene rings is 1. The Hall–Kier alpha value is -3.30. The largest absolute Gasteiger partial charge is 0.362 e. The standard InChI is InChI=1S/C27H30F2N6O/c1-17(30-2)25-27(32-16-36-3)35(26(33-25)21-10-22(28)13-31-12-21)14-20-5-4-19(11-24(20)29)23-15-34-8-6-18(23)7-9-34/h4-5,10-13,18,23H,2,6-9,14-16H2,1,3H3/b25-17+,32-27?/t23-/m0/s1. The molecule has 5 heterocycles. The summed E-state index contributed by atoms with van der Waals surface area (Å²) in [7, 11) is 1.54. The van der Waals surface area contributed by atoms with Crippen LogP contribution in [0.1, 0.15) is 42.4 Å². The molecule has 4 aliphatic heterocycles. The summed E-state index contributed by atoms with van der Waals surface area (Å²) in [5.74, 6) is 1.09. The first-order valence-corrected chi connectivity index (χ1v) is 12.2. The van der Waals surface area contributed by atoms with Crippen molar-refractivity contribution < 1.29 is 13.5 Å². The number of aromatic nitrogens is 1. The lowest BCUT2D eigenvalue weighted by molar-refractivity contribution is 0.0870. The molecule has 4 aliphatic rings. The van der Waals surface area contributed by atoms with Gasteiger partial charge in [-0.05, 0) is 69.1 Å². The molecule has 0 unspecified atom stereocenters. The fourth-order valence-corrected chi connectivity index (χ4v) is 5.39. The molecule has 2 aromatic rings. The third-order valence-corrected chi connectivity index (χ3v) is 7.32. The van der Waals surface area contributed by atoms with Gasteiger partial charge in [-0.3, -0.25) is 9.98 Å². The second kappa shape index (κ2) is 10.4. The van der Waals surface area contributed by atoms with Crippen molar-refractivity contribution in [1.82, 2.24) is 14.8 Å². The van der Waals surface area contributed by atoms with Gasteiger partial charge in [-0.15, -0.1) is 0 Å². The Kier molecular flexibility index (Phi) is 7.02. The molecule has 9 heteroatoms. The van der Waals surface area contributed by atoms with Crippen molar-refractivity contribution in [1.29, 1.82) is 0 Å². The van der Waals surface area contributed by atoms with Gasteiger partial charge in [0.05, 0.1) is 18.4 Å². The van der Waals surface area contributed by atoms with E-state index in [0.29, 0.717) is 46.0 Å². The van der Waals surface area contributed by atoms with Crippen molar-refractivity contribution in [3.05, 3.63) is 76.4 Å². The summed E-state index contributed by atoms with van der Waals surface area (Å²) < 4.78 is 34.8. The number of piperidine rings is 3. The van der Waals surface area contributed by atoms with E-state index in [9.17, 15) is 4.39 Å². The van der Waals surface area contributed by atoms with Gasteiger partial charge in [0.1, 0.15) is 29.9 Å². The highest BCUT2D eigenvalue weighted by atomic mass is 19.1. The summed E-state index contributed by atoms with van der Waals surface area (Å²) in [6.07, 6.45) is 5.00. The van der Waals surface area contributed by atoms with Gasteiger partial charge in [-0.25, -0.2) is 18.8 Å². The minimum absolute atomic E-state index is 0.0744. The number of aliphatic imine (C=N–C) groups is 3. The summed E-state index contributed by atoms with van der Waals surface area (Å²) in [5.41, 5.74) is 3.03. The monoisotopic (exact) mass is 492 g/mol. The van der Waals surface area contributed by atoms with Crippen LogP contribution >= 0.6 is 0 Å². The summed E-state index contributed by atoms with van der Waals surface area (Å²) in [6.45, 7) is 8.88. The topological polar surface area (TPSA) is 65.7 Å². The van der Waals surface area contributed by atoms with E-state index in [0.717, 1.165) is 31.4 Å². The molecule has 3 saturated heterocycles. The van der Waals surface area contributed by atoms with Gasteiger partial charge in [-0.1, -0.05) is 12.1 Å². The van der Waals surface area contributed by atoms with Gasteiger partial charge in [0.2, 0.25) is 0 Å². The van der Waals surface area contributed by atoms with Crippen LogP contribution in [0.4, 0.5) is 8.78 Å². The lowest BCUT2D eigenvalue weighted by Gasteiger charge is -2.45. The van der Waals surface area contributed by atoms with E-state index >= 15 is 4.39 Å². The van der Waals surface area contributed by atoms with Gasteiger partial charge >= 0.3 is 0 Å². The van der Waals surface area contributed by atoms with E-state index in [-0.39, 0.29) is 19.1 Å². The number of amidine groups is 2. The molecule has 6 rings (SSSR count). The number of rotatable bonds is 7. The smallest absolute Gasteiger partial charge is 0.160 e. The van der Waals surface area contributed by atoms with Gasteiger partial charge in [0.15, 0.2) is 5.84 Å². The summed E-state index contributed by atoms with van der Waals surface area (Å²) in [6, 6.07) is 6.91. The second-order valence-electron chi connectivity index (χ2n) is 9.50. The number of nitrogens with zero attached hydrogens (tertiary/aromatic N) is 6. The maximum absolute atomic E-state index is 15.5. The first kappa shape index (κ1) is 24.4. The van der Waals surface area contributed by atoms with Crippen molar-refractivity contribution in [2.75, 3.05) is 33.5 Å². The zero-order valence-corrected chi connectivity index (χ0v) is 20.6. The number of methoxy groups -OCH3 is 1. The SMILES string of the molecule is C=N/C(C)=C1/N=C(c2cncc(F)c2)N(Cc2ccc([C@H]3CN4CCC3CC4)cc2F)C1=NCOC. The van der Waals surface area contributed by atoms with Gasteiger partial charge in [0.25, 0.3) is 0 Å². The fourth-order valence-electron chi connectivity index (χ4n) is 5.39. The molecule has 1 aromatic carbocycles. The second-order valence-corrected chi connectivity index (χ2v) is 9.50. The molecule has 0 saturated carbocycles. The minimum atomic E-state index is -0.491. The van der Waals surface area contributed by atoms with E-state index in [4.69, 9.17) is 9.73 Å². The highest BCUT2D eigenvalue weighted by Crippen LogP contribution is 2.39. The normalized spacial score (nSPS) is 25.9. The van der Waals surface area contributed by atoms with Gasteiger partial charge < -0.3 is 14.5 Å². The van der Waals surface area contributed by atoms with E-state index in [1.807, 2.05) is 12.1 Å². The third kappa shape index (κ3) is 4.73. The van der Waals surface area contributed by atoms with Crippen LogP contribution in [0.5, 0.6) is 0 Å². The van der Waals surface area contributed by atoms with Crippen LogP contribution in [0.3, 0.4) is 0 Å². The average Bonchev–Trinajstić information content (AvgIpc) is 3.26. The molecular formula is C27H30F2N6O. The Morgan fingerprint density at radius 1 is 1.19 bits per heavy atom. The molecule has 1 atom stereocenters. The summed E-state index contributed by atoms with van der Waals surface area (Å²) in [4.78, 5) is 21.4. The van der Waals surface area contributed by atoms with E-state index in [2.05, 4.69) is 26.6 Å². The lowest BCUT2D eigenvalue weighted by atomic mass is 9.75. The number of pyridine rings is 1. The highest BCUT2D eigenvalue weighted by Gasteiger charge is 2.36. The Bertz CT molecular complexity index is 1250. The summed E-state index contributed by atoms with van der Waals surface area (Å²) >= 11 is 0. The van der Waals surface area contributed by atoms with Crippen LogP contribution in [-0.4, -0.2) is 66.6 Å². The molecule has 0 N–H and O–H groups in total. The molecule has 0 aliphatic carbocycles. The first-order valence-electron chi connectivity index (χ1n) is 12.2.